The molecule has 0 aliphatic rings. The van der Waals surface area contributed by atoms with E-state index in [1.807, 2.05) is 84.3 Å². The molecule has 196 valence electrons. The first kappa shape index (κ1) is 28.6. The number of carbonyl (C=O) groups is 4. The van der Waals surface area contributed by atoms with Gasteiger partial charge in [0.1, 0.15) is 0 Å². The molecule has 0 radical (unpaired) electrons. The second kappa shape index (κ2) is 12.7. The van der Waals surface area contributed by atoms with Gasteiger partial charge in [0.2, 0.25) is 0 Å². The van der Waals surface area contributed by atoms with Crippen LogP contribution >= 0.6 is 0 Å². The molecule has 0 atom stereocenters. The molecular formula is C33H32Ge2O4. The molecule has 0 bridgehead atoms. The first-order valence-corrected chi connectivity index (χ1v) is 24.5. The molecule has 4 aromatic rings. The summed E-state index contributed by atoms with van der Waals surface area (Å²) in [6.45, 7) is 0. The zero-order chi connectivity index (χ0) is 27.9. The van der Waals surface area contributed by atoms with Crippen molar-refractivity contribution < 1.29 is 19.2 Å². The van der Waals surface area contributed by atoms with Crippen molar-refractivity contribution in [3.63, 3.8) is 0 Å². The van der Waals surface area contributed by atoms with Crippen LogP contribution in [0.25, 0.3) is 0 Å². The molecule has 0 amide bonds. The summed E-state index contributed by atoms with van der Waals surface area (Å²) in [5.74, 6) is 3.76. The summed E-state index contributed by atoms with van der Waals surface area (Å²) in [5.41, 5.74) is 2.20. The van der Waals surface area contributed by atoms with Gasteiger partial charge in [0.05, 0.1) is 0 Å². The molecule has 0 unspecified atom stereocenters. The fourth-order valence-corrected chi connectivity index (χ4v) is 19.9. The van der Waals surface area contributed by atoms with Crippen LogP contribution in [-0.2, 0) is 0 Å². The van der Waals surface area contributed by atoms with Crippen molar-refractivity contribution in [2.45, 2.75) is 28.4 Å². The van der Waals surface area contributed by atoms with E-state index >= 15 is 0 Å². The van der Waals surface area contributed by atoms with E-state index < -0.39 is 26.5 Å². The van der Waals surface area contributed by atoms with Crippen LogP contribution in [0.2, 0.25) is 22.0 Å². The van der Waals surface area contributed by atoms with E-state index in [0.717, 1.165) is 0 Å². The minimum atomic E-state index is -3.90. The zero-order valence-corrected chi connectivity index (χ0v) is 26.5. The van der Waals surface area contributed by atoms with Gasteiger partial charge in [-0.2, -0.15) is 0 Å². The van der Waals surface area contributed by atoms with Gasteiger partial charge in [-0.1, -0.05) is 0 Å². The van der Waals surface area contributed by atoms with Gasteiger partial charge >= 0.3 is 236 Å². The van der Waals surface area contributed by atoms with E-state index in [-0.39, 0.29) is 18.5 Å². The van der Waals surface area contributed by atoms with E-state index in [1.165, 1.54) is 0 Å². The van der Waals surface area contributed by atoms with Crippen molar-refractivity contribution in [3.05, 3.63) is 144 Å². The first-order chi connectivity index (χ1) is 18.8. The maximum atomic E-state index is 13.9. The molecule has 0 N–H and O–H groups in total. The Bertz CT molecular complexity index is 1240. The number of hydrogen-bond acceptors (Lipinski definition) is 4. The van der Waals surface area contributed by atoms with Gasteiger partial charge in [-0.05, 0) is 0 Å². The molecular weight excluding hydrogens is 606 g/mol. The Morgan fingerprint density at radius 2 is 0.615 bits per heavy atom. The number of benzene rings is 4. The second-order valence-corrected chi connectivity index (χ2v) is 27.4. The van der Waals surface area contributed by atoms with Gasteiger partial charge in [0.15, 0.2) is 0 Å². The van der Waals surface area contributed by atoms with E-state index in [2.05, 4.69) is 0 Å². The summed E-state index contributed by atoms with van der Waals surface area (Å²) in [4.78, 5) is 55.6. The molecule has 6 heteroatoms. The van der Waals surface area contributed by atoms with Gasteiger partial charge in [-0.25, -0.2) is 0 Å². The predicted molar refractivity (Wildman–Crippen MR) is 161 cm³/mol. The Labute approximate surface area is 235 Å². The summed E-state index contributed by atoms with van der Waals surface area (Å²) in [6.07, 6.45) is 0.487. The molecule has 4 rings (SSSR count). The van der Waals surface area contributed by atoms with E-state index in [4.69, 9.17) is 0 Å². The van der Waals surface area contributed by atoms with Crippen LogP contribution in [0.15, 0.2) is 121 Å². The Hall–Kier alpha value is -3.35. The predicted octanol–water partition coefficient (Wildman–Crippen LogP) is 7.22. The molecule has 0 heterocycles. The summed E-state index contributed by atoms with van der Waals surface area (Å²) < 4.78 is -0.269. The third-order valence-electron chi connectivity index (χ3n) is 7.50. The Morgan fingerprint density at radius 1 is 0.410 bits per heavy atom. The molecule has 39 heavy (non-hydrogen) atoms. The van der Waals surface area contributed by atoms with E-state index in [9.17, 15) is 19.2 Å². The standard InChI is InChI=1S/C33H32Ge2O4/c1-34(30(36)26-16-7-3-8-17-26,31(37)27-18-9-4-10-19-27)24-15-25-35(2,32(38)28-20-11-5-12-21-28)33(39)29-22-13-6-14-23-29/h3-14,16-23H,15,24-25H2,1-2H3. The quantitative estimate of drug-likeness (QED) is 0.154. The van der Waals surface area contributed by atoms with Crippen LogP contribution in [-0.4, -0.2) is 45.0 Å². The number of rotatable bonds is 12. The number of carbonyl (C=O) groups excluding carboxylic acids is 4. The Balaban J connectivity index is 1.67. The summed E-state index contributed by atoms with van der Waals surface area (Å²) >= 11 is -7.80. The van der Waals surface area contributed by atoms with Crippen molar-refractivity contribution >= 4 is 45.0 Å². The van der Waals surface area contributed by atoms with Crippen LogP contribution in [0.5, 0.6) is 0 Å². The average Bonchev–Trinajstić information content (AvgIpc) is 3.01. The van der Waals surface area contributed by atoms with Gasteiger partial charge in [0.25, 0.3) is 0 Å². The Kier molecular flexibility index (Phi) is 9.30. The molecule has 4 aromatic carbocycles. The van der Waals surface area contributed by atoms with E-state index in [1.54, 1.807) is 48.5 Å². The van der Waals surface area contributed by atoms with Crippen LogP contribution in [0.4, 0.5) is 0 Å². The van der Waals surface area contributed by atoms with Crippen molar-refractivity contribution in [1.82, 2.24) is 0 Å². The van der Waals surface area contributed by atoms with Gasteiger partial charge < -0.3 is 0 Å². The van der Waals surface area contributed by atoms with Gasteiger partial charge in [-0.15, -0.1) is 0 Å². The van der Waals surface area contributed by atoms with E-state index in [0.29, 0.717) is 39.2 Å². The van der Waals surface area contributed by atoms with Crippen LogP contribution in [0.1, 0.15) is 47.9 Å². The van der Waals surface area contributed by atoms with Crippen molar-refractivity contribution in [1.29, 1.82) is 0 Å². The molecule has 0 aromatic heterocycles. The topological polar surface area (TPSA) is 68.3 Å². The monoisotopic (exact) mass is 640 g/mol. The zero-order valence-electron chi connectivity index (χ0n) is 22.3. The fourth-order valence-electron chi connectivity index (χ4n) is 5.09. The normalized spacial score (nSPS) is 11.5. The van der Waals surface area contributed by atoms with Gasteiger partial charge in [-0.3, -0.25) is 0 Å². The second-order valence-electron chi connectivity index (χ2n) is 10.3. The number of hydrogen-bond donors (Lipinski definition) is 0. The van der Waals surface area contributed by atoms with Crippen molar-refractivity contribution in [2.75, 3.05) is 0 Å². The molecule has 4 nitrogen and oxygen atoms in total. The SMILES string of the molecule is [CH3][Ge]([CH2]C[CH2][Ge]([CH3])([C](=O)c1ccccc1)[C](=O)c1ccccc1)([C](=O)c1ccccc1)[C](=O)c1ccccc1. The average molecular weight is 638 g/mol. The van der Waals surface area contributed by atoms with Crippen LogP contribution in [0.3, 0.4) is 0 Å². The minimum absolute atomic E-state index is 0.0672. The molecule has 0 saturated carbocycles. The van der Waals surface area contributed by atoms with Crippen LogP contribution < -0.4 is 0 Å². The molecule has 0 saturated heterocycles. The summed E-state index contributed by atoms with van der Waals surface area (Å²) in [5, 5.41) is 0.846. The molecule has 0 aliphatic heterocycles. The summed E-state index contributed by atoms with van der Waals surface area (Å²) in [6, 6.07) is 36.0. The first-order valence-electron chi connectivity index (χ1n) is 13.2. The van der Waals surface area contributed by atoms with Crippen LogP contribution in [0, 0.1) is 0 Å². The third kappa shape index (κ3) is 6.29. The molecule has 0 aliphatic carbocycles. The maximum absolute atomic E-state index is 13.9. The molecule has 0 fully saturated rings. The van der Waals surface area contributed by atoms with Crippen molar-refractivity contribution in [2.24, 2.45) is 0 Å². The summed E-state index contributed by atoms with van der Waals surface area (Å²) in [7, 11) is 0. The Morgan fingerprint density at radius 3 is 0.821 bits per heavy atom. The van der Waals surface area contributed by atoms with Crippen molar-refractivity contribution in [3.8, 4) is 0 Å². The molecule has 0 spiro atoms. The third-order valence-corrected chi connectivity index (χ3v) is 24.0. The van der Waals surface area contributed by atoms with Gasteiger partial charge in [0, 0.05) is 0 Å². The fraction of sp³-hybridized carbons (Fsp3) is 0.152.